The first-order chi connectivity index (χ1) is 4.20. The topological polar surface area (TPSA) is 12.9 Å². The van der Waals surface area contributed by atoms with Crippen molar-refractivity contribution >= 4 is 23.2 Å². The van der Waals surface area contributed by atoms with Gasteiger partial charge in [0.1, 0.15) is 5.15 Å². The monoisotopic (exact) mass is 159 g/mol. The molecule has 1 rings (SSSR count). The van der Waals surface area contributed by atoms with Gasteiger partial charge in [-0.05, 0) is 11.6 Å². The van der Waals surface area contributed by atoms with Gasteiger partial charge in [-0.1, -0.05) is 23.2 Å². The third-order valence-corrected chi connectivity index (χ3v) is 1.37. The van der Waals surface area contributed by atoms with E-state index < -0.39 is 0 Å². The predicted octanol–water partition coefficient (Wildman–Crippen LogP) is 2.45. The van der Waals surface area contributed by atoms with Crippen molar-refractivity contribution < 1.29 is 0 Å². The molecule has 46 valence electrons. The van der Waals surface area contributed by atoms with E-state index in [0.29, 0.717) is 15.7 Å². The van der Waals surface area contributed by atoms with Crippen molar-refractivity contribution in [3.63, 3.8) is 0 Å². The standard InChI is InChI=1S/C6H3Cl2N/c1-4-2-6(8)9-3-5(4)7/h1-3H. The zero-order chi connectivity index (χ0) is 6.85. The van der Waals surface area contributed by atoms with Crippen LogP contribution in [0.4, 0.5) is 0 Å². The molecule has 0 unspecified atom stereocenters. The molecule has 0 saturated carbocycles. The molecule has 0 amide bonds. The maximum atomic E-state index is 5.53. The first kappa shape index (κ1) is 6.84. The van der Waals surface area contributed by atoms with Gasteiger partial charge in [0.2, 0.25) is 0 Å². The Kier molecular flexibility index (Phi) is 1.94. The minimum Gasteiger partial charge on any atom is -0.243 e. The molecule has 0 aliphatic heterocycles. The molecule has 0 saturated heterocycles. The summed E-state index contributed by atoms with van der Waals surface area (Å²) in [7, 11) is 0. The summed E-state index contributed by atoms with van der Waals surface area (Å²) in [5.74, 6) is 0. The van der Waals surface area contributed by atoms with Crippen molar-refractivity contribution in [2.75, 3.05) is 0 Å². The second-order valence-corrected chi connectivity index (χ2v) is 2.32. The number of aromatic nitrogens is 1. The zero-order valence-corrected chi connectivity index (χ0v) is 5.95. The van der Waals surface area contributed by atoms with Gasteiger partial charge in [0.05, 0.1) is 5.02 Å². The van der Waals surface area contributed by atoms with Gasteiger partial charge < -0.3 is 0 Å². The van der Waals surface area contributed by atoms with Gasteiger partial charge in [0, 0.05) is 13.1 Å². The summed E-state index contributed by atoms with van der Waals surface area (Å²) in [5.41, 5.74) is 0.455. The van der Waals surface area contributed by atoms with Crippen LogP contribution in [0.3, 0.4) is 0 Å². The van der Waals surface area contributed by atoms with Crippen LogP contribution in [0.1, 0.15) is 5.56 Å². The highest BCUT2D eigenvalue weighted by atomic mass is 35.5. The molecule has 0 aliphatic carbocycles. The van der Waals surface area contributed by atoms with E-state index in [2.05, 4.69) is 4.98 Å². The summed E-state index contributed by atoms with van der Waals surface area (Å²) in [6, 6.07) is 1.50. The summed E-state index contributed by atoms with van der Waals surface area (Å²) in [6.07, 6.45) is 1.42. The largest absolute Gasteiger partial charge is 0.243 e. The molecule has 0 atom stereocenters. The Hall–Kier alpha value is -0.270. The van der Waals surface area contributed by atoms with E-state index in [0.717, 1.165) is 0 Å². The lowest BCUT2D eigenvalue weighted by Gasteiger charge is -1.93. The normalized spacial score (nSPS) is 9.67. The predicted molar refractivity (Wildman–Crippen MR) is 37.7 cm³/mol. The molecular weight excluding hydrogens is 157 g/mol. The van der Waals surface area contributed by atoms with E-state index in [1.165, 1.54) is 12.3 Å². The molecule has 1 aromatic heterocycles. The summed E-state index contributed by atoms with van der Waals surface area (Å²) >= 11 is 11.0. The van der Waals surface area contributed by atoms with E-state index in [1.54, 1.807) is 0 Å². The van der Waals surface area contributed by atoms with Crippen LogP contribution in [-0.4, -0.2) is 4.98 Å². The van der Waals surface area contributed by atoms with E-state index in [1.807, 2.05) is 0 Å². The molecule has 9 heavy (non-hydrogen) atoms. The quantitative estimate of drug-likeness (QED) is 0.531. The third-order valence-electron chi connectivity index (χ3n) is 0.852. The molecule has 1 heterocycles. The molecule has 0 bridgehead atoms. The Bertz CT molecular complexity index is 222. The van der Waals surface area contributed by atoms with Crippen molar-refractivity contribution in [3.05, 3.63) is 34.9 Å². The molecule has 0 N–H and O–H groups in total. The minimum absolute atomic E-state index is 0.358. The Morgan fingerprint density at radius 3 is 2.56 bits per heavy atom. The second kappa shape index (κ2) is 2.54. The number of rotatable bonds is 0. The first-order valence-corrected chi connectivity index (χ1v) is 3.02. The summed E-state index contributed by atoms with van der Waals surface area (Å²) in [4.78, 5) is 3.69. The number of hydrogen-bond donors (Lipinski definition) is 0. The van der Waals surface area contributed by atoms with Crippen molar-refractivity contribution in [1.29, 1.82) is 0 Å². The highest BCUT2D eigenvalue weighted by Crippen LogP contribution is 2.15. The molecule has 0 aromatic carbocycles. The van der Waals surface area contributed by atoms with Crippen molar-refractivity contribution in [2.45, 2.75) is 0 Å². The highest BCUT2D eigenvalue weighted by Gasteiger charge is 1.94. The lowest BCUT2D eigenvalue weighted by atomic mass is 10.3. The minimum atomic E-state index is 0.358. The van der Waals surface area contributed by atoms with Crippen LogP contribution in [0.25, 0.3) is 0 Å². The van der Waals surface area contributed by atoms with Gasteiger partial charge >= 0.3 is 0 Å². The third kappa shape index (κ3) is 1.57. The Labute approximate surface area is 63.6 Å². The van der Waals surface area contributed by atoms with Crippen LogP contribution in [0.5, 0.6) is 0 Å². The average Bonchev–Trinajstić information content (AvgIpc) is 1.80. The molecule has 3 heteroatoms. The summed E-state index contributed by atoms with van der Waals surface area (Å²) < 4.78 is 0. The lowest BCUT2D eigenvalue weighted by Crippen LogP contribution is -1.77. The van der Waals surface area contributed by atoms with E-state index in [9.17, 15) is 0 Å². The van der Waals surface area contributed by atoms with Gasteiger partial charge in [0.25, 0.3) is 0 Å². The highest BCUT2D eigenvalue weighted by molar-refractivity contribution is 6.32. The molecule has 1 aromatic rings. The Morgan fingerprint density at radius 1 is 1.44 bits per heavy atom. The smallest absolute Gasteiger partial charge is 0.129 e. The van der Waals surface area contributed by atoms with Crippen LogP contribution in [0.15, 0.2) is 12.3 Å². The number of hydrogen-bond acceptors (Lipinski definition) is 1. The zero-order valence-electron chi connectivity index (χ0n) is 4.44. The van der Waals surface area contributed by atoms with Crippen molar-refractivity contribution in [1.82, 2.24) is 4.98 Å². The van der Waals surface area contributed by atoms with Gasteiger partial charge in [-0.15, -0.1) is 0 Å². The van der Waals surface area contributed by atoms with E-state index in [4.69, 9.17) is 30.1 Å². The van der Waals surface area contributed by atoms with Gasteiger partial charge in [-0.25, -0.2) is 4.98 Å². The first-order valence-electron chi connectivity index (χ1n) is 2.26. The SMILES string of the molecule is [CH]c1cc(Cl)ncc1Cl. The second-order valence-electron chi connectivity index (χ2n) is 1.53. The van der Waals surface area contributed by atoms with Crippen LogP contribution in [-0.2, 0) is 0 Å². The molecule has 1 nitrogen and oxygen atoms in total. The van der Waals surface area contributed by atoms with Crippen molar-refractivity contribution in [3.8, 4) is 0 Å². The maximum absolute atomic E-state index is 5.53. The Morgan fingerprint density at radius 2 is 2.11 bits per heavy atom. The fourth-order valence-electron chi connectivity index (χ4n) is 0.427. The molecule has 2 radical (unpaired) electrons. The van der Waals surface area contributed by atoms with Crippen molar-refractivity contribution in [2.24, 2.45) is 0 Å². The average molecular weight is 160 g/mol. The Balaban J connectivity index is 3.17. The fraction of sp³-hybridized carbons (Fsp3) is 0. The van der Waals surface area contributed by atoms with Gasteiger partial charge in [-0.3, -0.25) is 0 Å². The number of pyridine rings is 1. The summed E-state index contributed by atoms with van der Waals surface area (Å²) in [6.45, 7) is 5.36. The number of nitrogens with zero attached hydrogens (tertiary/aromatic N) is 1. The van der Waals surface area contributed by atoms with E-state index >= 15 is 0 Å². The molecule has 0 fully saturated rings. The fourth-order valence-corrected chi connectivity index (χ4v) is 0.697. The number of halogens is 2. The molecule has 0 aliphatic rings. The molecule has 0 spiro atoms. The lowest BCUT2D eigenvalue weighted by molar-refractivity contribution is 1.31. The van der Waals surface area contributed by atoms with Crippen LogP contribution in [0, 0.1) is 6.92 Å². The van der Waals surface area contributed by atoms with Crippen LogP contribution in [0.2, 0.25) is 10.2 Å². The van der Waals surface area contributed by atoms with E-state index in [-0.39, 0.29) is 0 Å². The van der Waals surface area contributed by atoms with Crippen LogP contribution >= 0.6 is 23.2 Å². The van der Waals surface area contributed by atoms with Gasteiger partial charge in [-0.2, -0.15) is 0 Å². The van der Waals surface area contributed by atoms with Crippen LogP contribution < -0.4 is 0 Å². The van der Waals surface area contributed by atoms with Gasteiger partial charge in [0.15, 0.2) is 0 Å². The maximum Gasteiger partial charge on any atom is 0.129 e. The molecular formula is C6H3Cl2N. The summed E-state index contributed by atoms with van der Waals surface area (Å²) in [5, 5.41) is 0.788.